The number of rotatable bonds is 7. The van der Waals surface area contributed by atoms with Gasteiger partial charge in [0.05, 0.1) is 19.8 Å². The summed E-state index contributed by atoms with van der Waals surface area (Å²) in [5.74, 6) is -0.601. The number of benzene rings is 1. The van der Waals surface area contributed by atoms with E-state index in [2.05, 4.69) is 10.6 Å². The van der Waals surface area contributed by atoms with Crippen molar-refractivity contribution in [2.75, 3.05) is 20.8 Å². The Hall–Kier alpha value is -2.77. The van der Waals surface area contributed by atoms with Gasteiger partial charge in [0.15, 0.2) is 18.1 Å². The molecule has 0 bridgehead atoms. The fourth-order valence-electron chi connectivity index (χ4n) is 1.70. The van der Waals surface area contributed by atoms with Crippen LogP contribution in [0, 0.1) is 0 Å². The van der Waals surface area contributed by atoms with Crippen LogP contribution in [0.5, 0.6) is 11.5 Å². The van der Waals surface area contributed by atoms with Crippen molar-refractivity contribution in [1.29, 1.82) is 0 Å². The first-order valence-corrected chi connectivity index (χ1v) is 7.40. The number of carbonyl (C=O) groups excluding carboxylic acids is 3. The Morgan fingerprint density at radius 1 is 1.12 bits per heavy atom. The van der Waals surface area contributed by atoms with Crippen LogP contribution < -0.4 is 20.1 Å². The van der Waals surface area contributed by atoms with Crippen molar-refractivity contribution in [2.45, 2.75) is 26.3 Å². The van der Waals surface area contributed by atoms with Gasteiger partial charge in [-0.05, 0) is 31.5 Å². The van der Waals surface area contributed by atoms with E-state index in [1.165, 1.54) is 26.4 Å². The van der Waals surface area contributed by atoms with Gasteiger partial charge < -0.3 is 19.5 Å². The van der Waals surface area contributed by atoms with E-state index in [9.17, 15) is 14.4 Å². The minimum Gasteiger partial charge on any atom is -0.493 e. The van der Waals surface area contributed by atoms with Crippen molar-refractivity contribution >= 4 is 17.9 Å². The molecule has 0 aromatic heterocycles. The lowest BCUT2D eigenvalue weighted by Gasteiger charge is -2.12. The highest BCUT2D eigenvalue weighted by Crippen LogP contribution is 2.27. The van der Waals surface area contributed by atoms with Gasteiger partial charge >= 0.3 is 12.0 Å². The SMILES string of the molecule is CC[C@@H](C)NC(=O)NC(=O)COC(=O)c1ccc(OC)c(OC)c1. The van der Waals surface area contributed by atoms with Crippen LogP contribution in [-0.2, 0) is 9.53 Å². The maximum absolute atomic E-state index is 11.9. The Morgan fingerprint density at radius 2 is 1.79 bits per heavy atom. The molecule has 3 amide bonds. The molecule has 8 heteroatoms. The number of amides is 3. The highest BCUT2D eigenvalue weighted by Gasteiger charge is 2.15. The first-order chi connectivity index (χ1) is 11.4. The Kier molecular flexibility index (Phi) is 7.54. The van der Waals surface area contributed by atoms with Gasteiger partial charge in [-0.15, -0.1) is 0 Å². The summed E-state index contributed by atoms with van der Waals surface area (Å²) < 4.78 is 15.0. The summed E-state index contributed by atoms with van der Waals surface area (Å²) in [4.78, 5) is 35.0. The van der Waals surface area contributed by atoms with Gasteiger partial charge in [0, 0.05) is 6.04 Å². The van der Waals surface area contributed by atoms with Crippen LogP contribution in [0.15, 0.2) is 18.2 Å². The van der Waals surface area contributed by atoms with Gasteiger partial charge in [0.2, 0.25) is 0 Å². The van der Waals surface area contributed by atoms with E-state index < -0.39 is 24.5 Å². The quantitative estimate of drug-likeness (QED) is 0.730. The summed E-state index contributed by atoms with van der Waals surface area (Å²) >= 11 is 0. The topological polar surface area (TPSA) is 103 Å². The number of carbonyl (C=O) groups is 3. The number of hydrogen-bond donors (Lipinski definition) is 2. The lowest BCUT2D eigenvalue weighted by molar-refractivity contribution is -0.123. The van der Waals surface area contributed by atoms with E-state index in [0.29, 0.717) is 11.5 Å². The van der Waals surface area contributed by atoms with Crippen molar-refractivity contribution in [1.82, 2.24) is 10.6 Å². The standard InChI is InChI=1S/C16H22N2O6/c1-5-10(2)17-16(21)18-14(19)9-24-15(20)11-6-7-12(22-3)13(8-11)23-4/h6-8,10H,5,9H2,1-4H3,(H2,17,18,19,21)/t10-/m1/s1. The summed E-state index contributed by atoms with van der Waals surface area (Å²) in [5, 5.41) is 4.65. The third-order valence-corrected chi connectivity index (χ3v) is 3.20. The number of urea groups is 1. The maximum atomic E-state index is 11.9. The molecule has 0 aliphatic heterocycles. The molecule has 1 aromatic rings. The van der Waals surface area contributed by atoms with E-state index >= 15 is 0 Å². The molecule has 0 fully saturated rings. The van der Waals surface area contributed by atoms with Gasteiger partial charge in [-0.1, -0.05) is 6.92 Å². The average molecular weight is 338 g/mol. The monoisotopic (exact) mass is 338 g/mol. The highest BCUT2D eigenvalue weighted by atomic mass is 16.5. The third-order valence-electron chi connectivity index (χ3n) is 3.20. The molecule has 24 heavy (non-hydrogen) atoms. The fourth-order valence-corrected chi connectivity index (χ4v) is 1.70. The molecule has 1 atom stereocenters. The minimum atomic E-state index is -0.718. The first-order valence-electron chi connectivity index (χ1n) is 7.40. The van der Waals surface area contributed by atoms with Crippen molar-refractivity contribution in [2.24, 2.45) is 0 Å². The lowest BCUT2D eigenvalue weighted by Crippen LogP contribution is -2.44. The summed E-state index contributed by atoms with van der Waals surface area (Å²) in [6, 6.07) is 3.78. The summed E-state index contributed by atoms with van der Waals surface area (Å²) in [6.45, 7) is 3.14. The van der Waals surface area contributed by atoms with Gasteiger partial charge in [0.25, 0.3) is 5.91 Å². The van der Waals surface area contributed by atoms with Crippen molar-refractivity contribution < 1.29 is 28.6 Å². The Bertz CT molecular complexity index is 602. The number of hydrogen-bond acceptors (Lipinski definition) is 6. The molecule has 0 radical (unpaired) electrons. The van der Waals surface area contributed by atoms with Crippen LogP contribution in [0.4, 0.5) is 4.79 Å². The van der Waals surface area contributed by atoms with Gasteiger partial charge in [-0.2, -0.15) is 0 Å². The molecule has 1 aromatic carbocycles. The Balaban J connectivity index is 2.54. The zero-order chi connectivity index (χ0) is 18.1. The van der Waals surface area contributed by atoms with Crippen LogP contribution in [-0.4, -0.2) is 44.8 Å². The van der Waals surface area contributed by atoms with Crippen LogP contribution in [0.1, 0.15) is 30.6 Å². The normalized spacial score (nSPS) is 11.2. The second-order valence-electron chi connectivity index (χ2n) is 4.98. The molecular weight excluding hydrogens is 316 g/mol. The second kappa shape index (κ2) is 9.39. The summed E-state index contributed by atoms with van der Waals surface area (Å²) in [6.07, 6.45) is 0.732. The third kappa shape index (κ3) is 5.79. The number of imide groups is 1. The first kappa shape index (κ1) is 19.3. The smallest absolute Gasteiger partial charge is 0.338 e. The average Bonchev–Trinajstić information content (AvgIpc) is 2.58. The molecule has 0 spiro atoms. The Morgan fingerprint density at radius 3 is 2.38 bits per heavy atom. The predicted octanol–water partition coefficient (Wildman–Crippen LogP) is 1.48. The highest BCUT2D eigenvalue weighted by molar-refractivity contribution is 5.97. The molecule has 8 nitrogen and oxygen atoms in total. The van der Waals surface area contributed by atoms with Crippen molar-refractivity contribution in [3.8, 4) is 11.5 Å². The van der Waals surface area contributed by atoms with E-state index in [-0.39, 0.29) is 11.6 Å². The molecule has 0 aliphatic carbocycles. The van der Waals surface area contributed by atoms with Crippen LogP contribution >= 0.6 is 0 Å². The number of ether oxygens (including phenoxy) is 3. The molecule has 0 heterocycles. The largest absolute Gasteiger partial charge is 0.493 e. The fraction of sp³-hybridized carbons (Fsp3) is 0.438. The van der Waals surface area contributed by atoms with E-state index in [1.807, 2.05) is 6.92 Å². The van der Waals surface area contributed by atoms with Crippen LogP contribution in [0.3, 0.4) is 0 Å². The number of methoxy groups -OCH3 is 2. The zero-order valence-electron chi connectivity index (χ0n) is 14.2. The van der Waals surface area contributed by atoms with Crippen LogP contribution in [0.2, 0.25) is 0 Å². The van der Waals surface area contributed by atoms with E-state index in [1.54, 1.807) is 13.0 Å². The molecule has 2 N–H and O–H groups in total. The molecule has 0 unspecified atom stereocenters. The minimum absolute atomic E-state index is 0.0629. The Labute approximate surface area is 140 Å². The number of esters is 1. The second-order valence-corrected chi connectivity index (χ2v) is 4.98. The molecule has 0 saturated carbocycles. The molecule has 1 rings (SSSR count). The summed E-state index contributed by atoms with van der Waals surface area (Å²) in [5.41, 5.74) is 0.199. The van der Waals surface area contributed by atoms with Crippen molar-refractivity contribution in [3.63, 3.8) is 0 Å². The zero-order valence-corrected chi connectivity index (χ0v) is 14.2. The van der Waals surface area contributed by atoms with E-state index in [0.717, 1.165) is 6.42 Å². The van der Waals surface area contributed by atoms with E-state index in [4.69, 9.17) is 14.2 Å². The van der Waals surface area contributed by atoms with Gasteiger partial charge in [-0.3, -0.25) is 10.1 Å². The lowest BCUT2D eigenvalue weighted by atomic mass is 10.2. The molecule has 0 saturated heterocycles. The predicted molar refractivity (Wildman–Crippen MR) is 86.3 cm³/mol. The molecule has 132 valence electrons. The number of nitrogens with one attached hydrogen (secondary N) is 2. The van der Waals surface area contributed by atoms with Crippen LogP contribution in [0.25, 0.3) is 0 Å². The van der Waals surface area contributed by atoms with Gasteiger partial charge in [-0.25, -0.2) is 9.59 Å². The molecule has 0 aliphatic rings. The van der Waals surface area contributed by atoms with Gasteiger partial charge in [0.1, 0.15) is 0 Å². The van der Waals surface area contributed by atoms with Crippen molar-refractivity contribution in [3.05, 3.63) is 23.8 Å². The summed E-state index contributed by atoms with van der Waals surface area (Å²) in [7, 11) is 2.92. The molecular formula is C16H22N2O6. The maximum Gasteiger partial charge on any atom is 0.338 e.